The van der Waals surface area contributed by atoms with E-state index in [1.807, 2.05) is 0 Å². The van der Waals surface area contributed by atoms with Gasteiger partial charge in [0, 0.05) is 35.0 Å². The largest absolute Gasteiger partial charge is 0.378 e. The molecule has 4 atom stereocenters. The number of nitrogens with one attached hydrogen (secondary N) is 1. The molecule has 0 aliphatic carbocycles. The summed E-state index contributed by atoms with van der Waals surface area (Å²) in [7, 11) is -0.696. The first-order valence-electron chi connectivity index (χ1n) is 6.68. The molecular formula is C13H27NO2S. The zero-order valence-corrected chi connectivity index (χ0v) is 12.4. The van der Waals surface area contributed by atoms with E-state index in [1.165, 1.54) is 0 Å². The molecule has 0 aromatic carbocycles. The first-order valence-corrected chi connectivity index (χ1v) is 8.30. The average molecular weight is 261 g/mol. The van der Waals surface area contributed by atoms with Crippen LogP contribution in [0.25, 0.3) is 0 Å². The molecule has 1 heterocycles. The summed E-state index contributed by atoms with van der Waals surface area (Å²) >= 11 is 0. The van der Waals surface area contributed by atoms with Gasteiger partial charge in [0.25, 0.3) is 0 Å². The topological polar surface area (TPSA) is 38.3 Å². The summed E-state index contributed by atoms with van der Waals surface area (Å²) in [5.74, 6) is 0.599. The van der Waals surface area contributed by atoms with Crippen molar-refractivity contribution < 1.29 is 8.95 Å². The third kappa shape index (κ3) is 5.49. The zero-order chi connectivity index (χ0) is 12.8. The van der Waals surface area contributed by atoms with Crippen LogP contribution >= 0.6 is 0 Å². The van der Waals surface area contributed by atoms with Crippen molar-refractivity contribution in [2.75, 3.05) is 19.4 Å². The second-order valence-electron chi connectivity index (χ2n) is 5.43. The smallest absolute Gasteiger partial charge is 0.0612 e. The second-order valence-corrected chi connectivity index (χ2v) is 7.23. The Kier molecular flexibility index (Phi) is 6.67. The summed E-state index contributed by atoms with van der Waals surface area (Å²) in [4.78, 5) is 0. The molecule has 1 saturated heterocycles. The first kappa shape index (κ1) is 15.1. The molecule has 3 nitrogen and oxygen atoms in total. The molecule has 1 N–H and O–H groups in total. The molecule has 0 amide bonds. The summed E-state index contributed by atoms with van der Waals surface area (Å²) in [5, 5.41) is 3.87. The predicted octanol–water partition coefficient (Wildman–Crippen LogP) is 1.94. The van der Waals surface area contributed by atoms with Gasteiger partial charge in [0.1, 0.15) is 0 Å². The van der Waals surface area contributed by atoms with Gasteiger partial charge in [0.2, 0.25) is 0 Å². The minimum absolute atomic E-state index is 0.295. The molecule has 17 heavy (non-hydrogen) atoms. The van der Waals surface area contributed by atoms with Gasteiger partial charge < -0.3 is 10.1 Å². The molecule has 1 fully saturated rings. The van der Waals surface area contributed by atoms with Crippen molar-refractivity contribution in [3.63, 3.8) is 0 Å². The van der Waals surface area contributed by atoms with Crippen molar-refractivity contribution in [3.8, 4) is 0 Å². The quantitative estimate of drug-likeness (QED) is 0.794. The molecule has 1 aliphatic rings. The van der Waals surface area contributed by atoms with Gasteiger partial charge in [-0.25, -0.2) is 0 Å². The molecule has 0 spiro atoms. The minimum atomic E-state index is -0.696. The molecule has 0 saturated carbocycles. The monoisotopic (exact) mass is 261 g/mol. The van der Waals surface area contributed by atoms with Crippen LogP contribution in [0.3, 0.4) is 0 Å². The van der Waals surface area contributed by atoms with Gasteiger partial charge in [-0.3, -0.25) is 4.21 Å². The summed E-state index contributed by atoms with van der Waals surface area (Å²) < 4.78 is 17.0. The van der Waals surface area contributed by atoms with Crippen LogP contribution in [0, 0.1) is 5.92 Å². The highest BCUT2D eigenvalue weighted by atomic mass is 32.2. The van der Waals surface area contributed by atoms with E-state index < -0.39 is 10.8 Å². The maximum absolute atomic E-state index is 11.2. The van der Waals surface area contributed by atoms with Crippen LogP contribution in [0.4, 0.5) is 0 Å². The Labute approximate surface area is 108 Å². The maximum atomic E-state index is 11.2. The van der Waals surface area contributed by atoms with E-state index in [2.05, 4.69) is 26.1 Å². The minimum Gasteiger partial charge on any atom is -0.378 e. The summed E-state index contributed by atoms with van der Waals surface area (Å²) in [6.45, 7) is 8.33. The lowest BCUT2D eigenvalue weighted by Crippen LogP contribution is -2.41. The molecule has 0 aromatic heterocycles. The molecular weight excluding hydrogens is 234 g/mol. The highest BCUT2D eigenvalue weighted by molar-refractivity contribution is 7.84. The summed E-state index contributed by atoms with van der Waals surface area (Å²) in [6.07, 6.45) is 5.40. The van der Waals surface area contributed by atoms with Crippen molar-refractivity contribution in [1.82, 2.24) is 5.32 Å². The Morgan fingerprint density at radius 1 is 1.41 bits per heavy atom. The van der Waals surface area contributed by atoms with Crippen LogP contribution in [0.1, 0.15) is 40.0 Å². The van der Waals surface area contributed by atoms with Gasteiger partial charge in [-0.1, -0.05) is 20.8 Å². The number of hydrogen-bond donors (Lipinski definition) is 1. The van der Waals surface area contributed by atoms with Gasteiger partial charge in [0.15, 0.2) is 0 Å². The summed E-state index contributed by atoms with van der Waals surface area (Å²) in [5.41, 5.74) is 0. The molecule has 4 heteroatoms. The molecule has 0 bridgehead atoms. The lowest BCUT2D eigenvalue weighted by atomic mass is 9.95. The number of ether oxygens (including phenoxy) is 1. The van der Waals surface area contributed by atoms with Crippen LogP contribution in [-0.2, 0) is 15.5 Å². The van der Waals surface area contributed by atoms with Crippen molar-refractivity contribution >= 4 is 10.8 Å². The van der Waals surface area contributed by atoms with Crippen LogP contribution in [-0.4, -0.2) is 41.0 Å². The van der Waals surface area contributed by atoms with E-state index in [0.29, 0.717) is 23.3 Å². The second kappa shape index (κ2) is 7.49. The molecule has 0 radical (unpaired) electrons. The Morgan fingerprint density at radius 2 is 2.12 bits per heavy atom. The van der Waals surface area contributed by atoms with Crippen molar-refractivity contribution in [2.45, 2.75) is 57.4 Å². The molecule has 1 aliphatic heterocycles. The molecule has 4 unspecified atom stereocenters. The fourth-order valence-electron chi connectivity index (χ4n) is 2.13. The molecule has 102 valence electrons. The van der Waals surface area contributed by atoms with Gasteiger partial charge in [0.05, 0.1) is 6.10 Å². The lowest BCUT2D eigenvalue weighted by Gasteiger charge is -2.32. The molecule has 0 aromatic rings. The Bertz CT molecular complexity index is 246. The molecule has 1 rings (SSSR count). The Hall–Kier alpha value is 0.0700. The van der Waals surface area contributed by atoms with Crippen molar-refractivity contribution in [1.29, 1.82) is 0 Å². The first-order chi connectivity index (χ1) is 8.00. The lowest BCUT2D eigenvalue weighted by molar-refractivity contribution is -0.0242. The predicted molar refractivity (Wildman–Crippen MR) is 73.7 cm³/mol. The van der Waals surface area contributed by atoms with Crippen LogP contribution in [0.5, 0.6) is 0 Å². The van der Waals surface area contributed by atoms with Gasteiger partial charge in [-0.15, -0.1) is 0 Å². The number of rotatable bonds is 6. The third-order valence-electron chi connectivity index (χ3n) is 3.61. The van der Waals surface area contributed by atoms with Gasteiger partial charge in [-0.2, -0.15) is 0 Å². The third-order valence-corrected chi connectivity index (χ3v) is 4.98. The van der Waals surface area contributed by atoms with Gasteiger partial charge >= 0.3 is 0 Å². The Morgan fingerprint density at radius 3 is 2.71 bits per heavy atom. The van der Waals surface area contributed by atoms with E-state index in [1.54, 1.807) is 6.26 Å². The maximum Gasteiger partial charge on any atom is 0.0612 e. The number of hydrogen-bond acceptors (Lipinski definition) is 3. The highest BCUT2D eigenvalue weighted by Gasteiger charge is 2.24. The SMILES string of the molecule is CC(C)C1CC(NCCC(C)S(C)=O)CCO1. The fraction of sp³-hybridized carbons (Fsp3) is 1.00. The van der Waals surface area contributed by atoms with E-state index in [0.717, 1.165) is 32.4 Å². The van der Waals surface area contributed by atoms with Crippen LogP contribution < -0.4 is 5.32 Å². The van der Waals surface area contributed by atoms with E-state index in [9.17, 15) is 4.21 Å². The van der Waals surface area contributed by atoms with Crippen molar-refractivity contribution in [2.24, 2.45) is 5.92 Å². The Balaban J connectivity index is 2.21. The summed E-state index contributed by atoms with van der Waals surface area (Å²) in [6, 6.07) is 0.577. The fourth-order valence-corrected chi connectivity index (χ4v) is 2.58. The van der Waals surface area contributed by atoms with E-state index >= 15 is 0 Å². The van der Waals surface area contributed by atoms with Crippen LogP contribution in [0.2, 0.25) is 0 Å². The van der Waals surface area contributed by atoms with Crippen molar-refractivity contribution in [3.05, 3.63) is 0 Å². The standard InChI is InChI=1S/C13H27NO2S/c1-10(2)13-9-12(6-8-16-13)14-7-5-11(3)17(4)15/h10-14H,5-9H2,1-4H3. The van der Waals surface area contributed by atoms with Gasteiger partial charge in [-0.05, 0) is 31.7 Å². The highest BCUT2D eigenvalue weighted by Crippen LogP contribution is 2.20. The van der Waals surface area contributed by atoms with E-state index in [-0.39, 0.29) is 0 Å². The average Bonchev–Trinajstić information content (AvgIpc) is 2.29. The van der Waals surface area contributed by atoms with Crippen LogP contribution in [0.15, 0.2) is 0 Å². The normalized spacial score (nSPS) is 29.2. The zero-order valence-electron chi connectivity index (χ0n) is 11.6. The van der Waals surface area contributed by atoms with E-state index in [4.69, 9.17) is 4.74 Å².